The first-order valence-electron chi connectivity index (χ1n) is 6.66. The number of anilines is 1. The van der Waals surface area contributed by atoms with Crippen LogP contribution in [0.1, 0.15) is 19.8 Å². The topological polar surface area (TPSA) is 61.3 Å². The average molecular weight is 446 g/mol. The van der Waals surface area contributed by atoms with Gasteiger partial charge in [-0.2, -0.15) is 0 Å². The van der Waals surface area contributed by atoms with Gasteiger partial charge in [0, 0.05) is 32.9 Å². The zero-order chi connectivity index (χ0) is 14.8. The van der Waals surface area contributed by atoms with Crippen LogP contribution in [0.25, 0.3) is 0 Å². The molecule has 1 aromatic rings. The normalized spacial score (nSPS) is 10.8. The predicted molar refractivity (Wildman–Crippen MR) is 102 cm³/mol. The number of guanidine groups is 1. The first kappa shape index (κ1) is 20.5. The molecule has 0 bridgehead atoms. The summed E-state index contributed by atoms with van der Waals surface area (Å²) in [4.78, 5) is 8.27. The molecule has 5 nitrogen and oxygen atoms in total. The average Bonchev–Trinajstić information content (AvgIpc) is 2.43. The molecule has 0 aliphatic carbocycles. The van der Waals surface area contributed by atoms with Gasteiger partial charge in [0.25, 0.3) is 0 Å². The van der Waals surface area contributed by atoms with Gasteiger partial charge >= 0.3 is 0 Å². The number of unbranched alkanes of at least 4 members (excludes halogenated alkanes) is 1. The smallest absolute Gasteiger partial charge is 0.191 e. The van der Waals surface area contributed by atoms with Crippen molar-refractivity contribution in [2.45, 2.75) is 19.8 Å². The van der Waals surface area contributed by atoms with Crippen molar-refractivity contribution >= 4 is 59.0 Å². The van der Waals surface area contributed by atoms with Crippen LogP contribution in [0.3, 0.4) is 0 Å². The Bertz CT molecular complexity index is 443. The maximum atomic E-state index is 6.02. The van der Waals surface area contributed by atoms with E-state index in [1.54, 1.807) is 19.3 Å². The second kappa shape index (κ2) is 12.1. The number of hydrogen-bond acceptors (Lipinski definition) is 3. The maximum absolute atomic E-state index is 6.02. The maximum Gasteiger partial charge on any atom is 0.191 e. The fourth-order valence-electron chi connectivity index (χ4n) is 1.51. The molecule has 0 atom stereocenters. The Kier molecular flexibility index (Phi) is 11.8. The van der Waals surface area contributed by atoms with Crippen molar-refractivity contribution in [3.63, 3.8) is 0 Å². The molecule has 1 rings (SSSR count). The zero-order valence-corrected chi connectivity index (χ0v) is 16.1. The Hall–Kier alpha value is -0.470. The van der Waals surface area contributed by atoms with Crippen LogP contribution in [0.4, 0.5) is 5.82 Å². The molecule has 0 aromatic carbocycles. The SMILES string of the molecule is CCCCNC(=NC)NCCNc1ncc(Cl)cc1Cl.I. The summed E-state index contributed by atoms with van der Waals surface area (Å²) in [6, 6.07) is 1.66. The molecule has 0 saturated carbocycles. The molecule has 3 N–H and O–H groups in total. The number of aromatic nitrogens is 1. The van der Waals surface area contributed by atoms with Crippen molar-refractivity contribution in [2.75, 3.05) is 32.0 Å². The molecule has 0 aliphatic heterocycles. The van der Waals surface area contributed by atoms with Gasteiger partial charge in [0.15, 0.2) is 5.96 Å². The minimum Gasteiger partial charge on any atom is -0.367 e. The van der Waals surface area contributed by atoms with Gasteiger partial charge in [0.2, 0.25) is 0 Å². The van der Waals surface area contributed by atoms with Crippen molar-refractivity contribution in [2.24, 2.45) is 4.99 Å². The molecule has 0 aliphatic rings. The highest BCUT2D eigenvalue weighted by molar-refractivity contribution is 14.0. The van der Waals surface area contributed by atoms with E-state index in [0.717, 1.165) is 25.3 Å². The number of aliphatic imine (C=N–C) groups is 1. The number of nitrogens with one attached hydrogen (secondary N) is 3. The molecule has 0 fully saturated rings. The fraction of sp³-hybridized carbons (Fsp3) is 0.538. The number of hydrogen-bond donors (Lipinski definition) is 3. The highest BCUT2D eigenvalue weighted by Gasteiger charge is 2.02. The highest BCUT2D eigenvalue weighted by atomic mass is 127. The summed E-state index contributed by atoms with van der Waals surface area (Å²) in [6.45, 7) is 4.48. The second-order valence-corrected chi connectivity index (χ2v) is 5.03. The fourth-order valence-corrected chi connectivity index (χ4v) is 1.96. The third kappa shape index (κ3) is 8.53. The quantitative estimate of drug-likeness (QED) is 0.260. The number of halogens is 3. The summed E-state index contributed by atoms with van der Waals surface area (Å²) in [6.07, 6.45) is 3.85. The summed E-state index contributed by atoms with van der Waals surface area (Å²) in [5.74, 6) is 1.43. The molecule has 1 aromatic heterocycles. The largest absolute Gasteiger partial charge is 0.367 e. The van der Waals surface area contributed by atoms with Crippen molar-refractivity contribution in [1.29, 1.82) is 0 Å². The molecule has 1 heterocycles. The monoisotopic (exact) mass is 445 g/mol. The summed E-state index contributed by atoms with van der Waals surface area (Å²) < 4.78 is 0. The van der Waals surface area contributed by atoms with Crippen LogP contribution in [0, 0.1) is 0 Å². The lowest BCUT2D eigenvalue weighted by Gasteiger charge is -2.12. The van der Waals surface area contributed by atoms with Gasteiger partial charge in [-0.05, 0) is 12.5 Å². The molecule has 0 spiro atoms. The van der Waals surface area contributed by atoms with Crippen molar-refractivity contribution in [3.8, 4) is 0 Å². The molecule has 0 unspecified atom stereocenters. The van der Waals surface area contributed by atoms with Crippen molar-refractivity contribution in [3.05, 3.63) is 22.3 Å². The van der Waals surface area contributed by atoms with Crippen molar-refractivity contribution < 1.29 is 0 Å². The van der Waals surface area contributed by atoms with Crippen LogP contribution in [0.15, 0.2) is 17.3 Å². The second-order valence-electron chi connectivity index (χ2n) is 4.19. The molecular formula is C13H22Cl2IN5. The molecule has 120 valence electrons. The first-order chi connectivity index (χ1) is 9.67. The van der Waals surface area contributed by atoms with Crippen LogP contribution in [0.5, 0.6) is 0 Å². The van der Waals surface area contributed by atoms with Crippen LogP contribution in [-0.2, 0) is 0 Å². The van der Waals surface area contributed by atoms with Gasteiger partial charge in [-0.15, -0.1) is 24.0 Å². The number of pyridine rings is 1. The summed E-state index contributed by atoms with van der Waals surface area (Å²) in [5, 5.41) is 10.6. The Morgan fingerprint density at radius 2 is 1.95 bits per heavy atom. The van der Waals surface area contributed by atoms with E-state index in [-0.39, 0.29) is 24.0 Å². The summed E-state index contributed by atoms with van der Waals surface area (Å²) in [7, 11) is 1.76. The minimum atomic E-state index is 0. The lowest BCUT2D eigenvalue weighted by molar-refractivity contribution is 0.730. The van der Waals surface area contributed by atoms with Gasteiger partial charge in [-0.3, -0.25) is 4.99 Å². The highest BCUT2D eigenvalue weighted by Crippen LogP contribution is 2.21. The molecule has 0 radical (unpaired) electrons. The van der Waals surface area contributed by atoms with E-state index in [9.17, 15) is 0 Å². The van der Waals surface area contributed by atoms with E-state index in [1.807, 2.05) is 0 Å². The standard InChI is InChI=1S/C13H21Cl2N5.HI/c1-3-4-5-18-13(16-2)19-7-6-17-12-11(15)8-10(14)9-20-12;/h8-9H,3-7H2,1-2H3,(H,17,20)(H2,16,18,19);1H. The van der Waals surface area contributed by atoms with Crippen LogP contribution >= 0.6 is 47.2 Å². The molecule has 8 heteroatoms. The Labute approximate surface area is 153 Å². The van der Waals surface area contributed by atoms with E-state index in [1.165, 1.54) is 0 Å². The van der Waals surface area contributed by atoms with Gasteiger partial charge < -0.3 is 16.0 Å². The summed E-state index contributed by atoms with van der Waals surface area (Å²) in [5.41, 5.74) is 0. The predicted octanol–water partition coefficient (Wildman–Crippen LogP) is 3.38. The van der Waals surface area contributed by atoms with Crippen molar-refractivity contribution in [1.82, 2.24) is 15.6 Å². The van der Waals surface area contributed by atoms with E-state index < -0.39 is 0 Å². The number of nitrogens with zero attached hydrogens (tertiary/aromatic N) is 2. The minimum absolute atomic E-state index is 0. The van der Waals surface area contributed by atoms with Crippen LogP contribution in [0.2, 0.25) is 10.0 Å². The van der Waals surface area contributed by atoms with E-state index >= 15 is 0 Å². The van der Waals surface area contributed by atoms with E-state index in [4.69, 9.17) is 23.2 Å². The van der Waals surface area contributed by atoms with Crippen LogP contribution < -0.4 is 16.0 Å². The van der Waals surface area contributed by atoms with Gasteiger partial charge in [-0.25, -0.2) is 4.98 Å². The van der Waals surface area contributed by atoms with Gasteiger partial charge in [-0.1, -0.05) is 36.5 Å². The number of rotatable bonds is 7. The first-order valence-corrected chi connectivity index (χ1v) is 7.42. The van der Waals surface area contributed by atoms with Gasteiger partial charge in [0.05, 0.1) is 10.0 Å². The zero-order valence-electron chi connectivity index (χ0n) is 12.2. The lowest BCUT2D eigenvalue weighted by atomic mass is 10.3. The molecule has 0 amide bonds. The van der Waals surface area contributed by atoms with Gasteiger partial charge in [0.1, 0.15) is 5.82 Å². The van der Waals surface area contributed by atoms with E-state index in [2.05, 4.69) is 32.9 Å². The Morgan fingerprint density at radius 1 is 1.24 bits per heavy atom. The molecule has 21 heavy (non-hydrogen) atoms. The molecular weight excluding hydrogens is 424 g/mol. The summed E-state index contributed by atoms with van der Waals surface area (Å²) >= 11 is 11.8. The van der Waals surface area contributed by atoms with E-state index in [0.29, 0.717) is 29.0 Å². The lowest BCUT2D eigenvalue weighted by Crippen LogP contribution is -2.39. The Balaban J connectivity index is 0.00000400. The molecule has 0 saturated heterocycles. The van der Waals surface area contributed by atoms with Crippen LogP contribution in [-0.4, -0.2) is 37.6 Å². The Morgan fingerprint density at radius 3 is 2.57 bits per heavy atom. The third-order valence-corrected chi connectivity index (χ3v) is 3.06. The third-order valence-electron chi connectivity index (χ3n) is 2.56.